The first kappa shape index (κ1) is 16.7. The van der Waals surface area contributed by atoms with E-state index in [1.54, 1.807) is 4.90 Å². The molecule has 0 aromatic carbocycles. The van der Waals surface area contributed by atoms with Gasteiger partial charge in [-0.15, -0.1) is 0 Å². The molecule has 1 N–H and O–H groups in total. The number of carbonyl (C=O) groups excluding carboxylic acids is 1. The van der Waals surface area contributed by atoms with Crippen LogP contribution < -0.4 is 0 Å². The first-order valence-corrected chi connectivity index (χ1v) is 5.52. The number of carboxylic acid groups (broad SMARTS) is 1. The summed E-state index contributed by atoms with van der Waals surface area (Å²) in [4.78, 5) is 23.6. The molecule has 18 heavy (non-hydrogen) atoms. The smallest absolute Gasteiger partial charge is 0.471 e. The SMILES string of the molecule is CCN(CC)CCN(CC(=O)O)C(=O)C(F)(F)F. The van der Waals surface area contributed by atoms with E-state index in [4.69, 9.17) is 5.11 Å². The number of halogens is 3. The molecule has 0 rings (SSSR count). The number of aliphatic carboxylic acids is 1. The summed E-state index contributed by atoms with van der Waals surface area (Å²) in [5, 5.41) is 8.50. The van der Waals surface area contributed by atoms with Gasteiger partial charge in [-0.3, -0.25) is 9.59 Å². The van der Waals surface area contributed by atoms with Gasteiger partial charge in [0.2, 0.25) is 0 Å². The first-order chi connectivity index (χ1) is 8.22. The largest absolute Gasteiger partial charge is 0.480 e. The molecule has 8 heteroatoms. The van der Waals surface area contributed by atoms with E-state index in [2.05, 4.69) is 0 Å². The molecule has 106 valence electrons. The molecule has 0 aromatic heterocycles. The van der Waals surface area contributed by atoms with Gasteiger partial charge in [-0.2, -0.15) is 13.2 Å². The first-order valence-electron chi connectivity index (χ1n) is 5.52. The normalized spacial score (nSPS) is 11.7. The second-order valence-corrected chi connectivity index (χ2v) is 3.65. The van der Waals surface area contributed by atoms with Crippen molar-refractivity contribution in [3.8, 4) is 0 Å². The van der Waals surface area contributed by atoms with Gasteiger partial charge in [0.05, 0.1) is 0 Å². The number of hydrogen-bond acceptors (Lipinski definition) is 3. The number of alkyl halides is 3. The maximum Gasteiger partial charge on any atom is 0.471 e. The van der Waals surface area contributed by atoms with Crippen LogP contribution in [0.1, 0.15) is 13.8 Å². The van der Waals surface area contributed by atoms with Gasteiger partial charge in [-0.25, -0.2) is 0 Å². The van der Waals surface area contributed by atoms with Gasteiger partial charge in [-0.05, 0) is 13.1 Å². The molecule has 0 aromatic rings. The Morgan fingerprint density at radius 3 is 1.94 bits per heavy atom. The summed E-state index contributed by atoms with van der Waals surface area (Å²) in [5.41, 5.74) is 0. The molecular formula is C10H17F3N2O3. The molecular weight excluding hydrogens is 253 g/mol. The van der Waals surface area contributed by atoms with Crippen LogP contribution in [-0.4, -0.2) is 65.7 Å². The quantitative estimate of drug-likeness (QED) is 0.743. The molecule has 5 nitrogen and oxygen atoms in total. The number of carboxylic acids is 1. The van der Waals surface area contributed by atoms with E-state index in [1.165, 1.54) is 0 Å². The van der Waals surface area contributed by atoms with Crippen LogP contribution in [0.15, 0.2) is 0 Å². The summed E-state index contributed by atoms with van der Waals surface area (Å²) < 4.78 is 36.7. The fourth-order valence-corrected chi connectivity index (χ4v) is 1.40. The molecule has 0 aliphatic rings. The molecule has 0 bridgehead atoms. The molecule has 0 aliphatic carbocycles. The van der Waals surface area contributed by atoms with Gasteiger partial charge >= 0.3 is 18.1 Å². The molecule has 0 heterocycles. The van der Waals surface area contributed by atoms with E-state index in [-0.39, 0.29) is 13.1 Å². The Balaban J connectivity index is 4.59. The highest BCUT2D eigenvalue weighted by atomic mass is 19.4. The highest BCUT2D eigenvalue weighted by Gasteiger charge is 2.42. The maximum atomic E-state index is 12.2. The van der Waals surface area contributed by atoms with Crippen molar-refractivity contribution in [3.05, 3.63) is 0 Å². The molecule has 0 unspecified atom stereocenters. The summed E-state index contributed by atoms with van der Waals surface area (Å²) in [6, 6.07) is 0. The zero-order valence-electron chi connectivity index (χ0n) is 10.3. The maximum absolute atomic E-state index is 12.2. The molecule has 1 amide bonds. The van der Waals surface area contributed by atoms with Crippen LogP contribution in [0.25, 0.3) is 0 Å². The molecule has 0 atom stereocenters. The molecule has 0 spiro atoms. The average Bonchev–Trinajstić information content (AvgIpc) is 2.26. The highest BCUT2D eigenvalue weighted by Crippen LogP contribution is 2.18. The van der Waals surface area contributed by atoms with Crippen molar-refractivity contribution in [3.63, 3.8) is 0 Å². The number of rotatable bonds is 7. The summed E-state index contributed by atoms with van der Waals surface area (Å²) in [5.74, 6) is -3.58. The van der Waals surface area contributed by atoms with Crippen LogP contribution in [0, 0.1) is 0 Å². The highest BCUT2D eigenvalue weighted by molar-refractivity contribution is 5.85. The monoisotopic (exact) mass is 270 g/mol. The fourth-order valence-electron chi connectivity index (χ4n) is 1.40. The lowest BCUT2D eigenvalue weighted by Crippen LogP contribution is -2.47. The van der Waals surface area contributed by atoms with Gasteiger partial charge in [0.15, 0.2) is 0 Å². The van der Waals surface area contributed by atoms with Crippen molar-refractivity contribution >= 4 is 11.9 Å². The van der Waals surface area contributed by atoms with Crippen molar-refractivity contribution in [2.24, 2.45) is 0 Å². The van der Waals surface area contributed by atoms with Gasteiger partial charge in [0.25, 0.3) is 0 Å². The van der Waals surface area contributed by atoms with E-state index >= 15 is 0 Å². The van der Waals surface area contributed by atoms with Gasteiger partial charge in [-0.1, -0.05) is 13.8 Å². The van der Waals surface area contributed by atoms with Crippen molar-refractivity contribution in [2.75, 3.05) is 32.7 Å². The minimum absolute atomic E-state index is 0.210. The van der Waals surface area contributed by atoms with Crippen LogP contribution in [-0.2, 0) is 9.59 Å². The van der Waals surface area contributed by atoms with Crippen molar-refractivity contribution < 1.29 is 27.9 Å². The zero-order chi connectivity index (χ0) is 14.3. The molecule has 0 aliphatic heterocycles. The van der Waals surface area contributed by atoms with Crippen molar-refractivity contribution in [2.45, 2.75) is 20.0 Å². The predicted octanol–water partition coefficient (Wildman–Crippen LogP) is 0.804. The second kappa shape index (κ2) is 7.20. The van der Waals surface area contributed by atoms with Gasteiger partial charge in [0.1, 0.15) is 6.54 Å². The minimum atomic E-state index is -5.04. The predicted molar refractivity (Wildman–Crippen MR) is 58.1 cm³/mol. The molecule has 0 saturated heterocycles. The Morgan fingerprint density at radius 1 is 1.11 bits per heavy atom. The lowest BCUT2D eigenvalue weighted by atomic mass is 10.4. The van der Waals surface area contributed by atoms with E-state index in [0.29, 0.717) is 18.0 Å². The lowest BCUT2D eigenvalue weighted by molar-refractivity contribution is -0.186. The standard InChI is InChI=1S/C10H17F3N2O3/c1-3-14(4-2)5-6-15(7-8(16)17)9(18)10(11,12)13/h3-7H2,1-2H3,(H,16,17). The van der Waals surface area contributed by atoms with Crippen molar-refractivity contribution in [1.82, 2.24) is 9.80 Å². The minimum Gasteiger partial charge on any atom is -0.480 e. The van der Waals surface area contributed by atoms with E-state index in [1.807, 2.05) is 13.8 Å². The van der Waals surface area contributed by atoms with Crippen molar-refractivity contribution in [1.29, 1.82) is 0 Å². The topological polar surface area (TPSA) is 60.9 Å². The molecule has 0 radical (unpaired) electrons. The fraction of sp³-hybridized carbons (Fsp3) is 0.800. The van der Waals surface area contributed by atoms with E-state index < -0.39 is 24.6 Å². The Morgan fingerprint density at radius 2 is 1.61 bits per heavy atom. The average molecular weight is 270 g/mol. The lowest BCUT2D eigenvalue weighted by Gasteiger charge is -2.25. The summed E-state index contributed by atoms with van der Waals surface area (Å²) in [6.45, 7) is 3.91. The van der Waals surface area contributed by atoms with Crippen LogP contribution in [0.3, 0.4) is 0 Å². The molecule has 0 saturated carbocycles. The Hall–Kier alpha value is -1.31. The van der Waals surface area contributed by atoms with Crippen LogP contribution in [0.2, 0.25) is 0 Å². The number of nitrogens with zero attached hydrogens (tertiary/aromatic N) is 2. The van der Waals surface area contributed by atoms with Gasteiger partial charge in [0, 0.05) is 13.1 Å². The third-order valence-corrected chi connectivity index (χ3v) is 2.44. The van der Waals surface area contributed by atoms with Crippen LogP contribution in [0.4, 0.5) is 13.2 Å². The molecule has 0 fully saturated rings. The number of carbonyl (C=O) groups is 2. The third kappa shape index (κ3) is 5.85. The summed E-state index contributed by atoms with van der Waals surface area (Å²) >= 11 is 0. The summed E-state index contributed by atoms with van der Waals surface area (Å²) in [6.07, 6.45) is -5.04. The van der Waals surface area contributed by atoms with E-state index in [9.17, 15) is 22.8 Å². The van der Waals surface area contributed by atoms with Crippen LogP contribution in [0.5, 0.6) is 0 Å². The zero-order valence-corrected chi connectivity index (χ0v) is 10.3. The Labute approximate surface area is 103 Å². The van der Waals surface area contributed by atoms with Gasteiger partial charge < -0.3 is 14.9 Å². The van der Waals surface area contributed by atoms with E-state index in [0.717, 1.165) is 0 Å². The Bertz CT molecular complexity index is 291. The Kier molecular flexibility index (Phi) is 6.67. The number of likely N-dealkylation sites (N-methyl/N-ethyl adjacent to an activating group) is 1. The number of amides is 1. The third-order valence-electron chi connectivity index (χ3n) is 2.44. The second-order valence-electron chi connectivity index (χ2n) is 3.65. The van der Waals surface area contributed by atoms with Crippen LogP contribution >= 0.6 is 0 Å². The summed E-state index contributed by atoms with van der Waals surface area (Å²) in [7, 11) is 0. The number of hydrogen-bond donors (Lipinski definition) is 1.